The molecule has 1 aliphatic carbocycles. The van der Waals surface area contributed by atoms with Gasteiger partial charge in [0.15, 0.2) is 0 Å². The summed E-state index contributed by atoms with van der Waals surface area (Å²) in [6.07, 6.45) is 8.70. The highest BCUT2D eigenvalue weighted by atomic mass is 16.5. The van der Waals surface area contributed by atoms with Gasteiger partial charge in [-0.3, -0.25) is 9.59 Å². The van der Waals surface area contributed by atoms with E-state index in [2.05, 4.69) is 16.0 Å². The fraction of sp³-hybridized carbons (Fsp3) is 0.889. The number of carbonyl (C=O) groups excluding carboxylic acids is 2. The first kappa shape index (κ1) is 17.7. The van der Waals surface area contributed by atoms with Crippen LogP contribution in [0.4, 0.5) is 0 Å². The van der Waals surface area contributed by atoms with Crippen LogP contribution in [0.1, 0.15) is 57.8 Å². The van der Waals surface area contributed by atoms with E-state index in [0.29, 0.717) is 12.6 Å². The predicted molar refractivity (Wildman–Crippen MR) is 91.5 cm³/mol. The zero-order valence-corrected chi connectivity index (χ0v) is 14.5. The van der Waals surface area contributed by atoms with Crippen LogP contribution < -0.4 is 16.0 Å². The first-order chi connectivity index (χ1) is 11.7. The fourth-order valence-electron chi connectivity index (χ4n) is 4.04. The van der Waals surface area contributed by atoms with E-state index < -0.39 is 0 Å². The summed E-state index contributed by atoms with van der Waals surface area (Å²) in [4.78, 5) is 24.4. The van der Waals surface area contributed by atoms with Crippen molar-refractivity contribution in [2.45, 2.75) is 76.0 Å². The van der Waals surface area contributed by atoms with Crippen molar-refractivity contribution in [1.29, 1.82) is 0 Å². The Morgan fingerprint density at radius 2 is 1.79 bits per heavy atom. The molecule has 0 aromatic carbocycles. The quantitative estimate of drug-likeness (QED) is 0.702. The summed E-state index contributed by atoms with van der Waals surface area (Å²) in [6.45, 7) is 2.51. The molecule has 0 aromatic rings. The molecule has 3 N–H and O–H groups in total. The summed E-state index contributed by atoms with van der Waals surface area (Å²) in [6, 6.07) is 0.635. The first-order valence-electron chi connectivity index (χ1n) is 9.65. The number of ether oxygens (including phenoxy) is 1. The molecule has 136 valence electrons. The van der Waals surface area contributed by atoms with Crippen molar-refractivity contribution in [3.63, 3.8) is 0 Å². The molecule has 1 saturated carbocycles. The Labute approximate surface area is 144 Å². The summed E-state index contributed by atoms with van der Waals surface area (Å²) in [5.74, 6) is 0.319. The van der Waals surface area contributed by atoms with Crippen molar-refractivity contribution in [3.8, 4) is 0 Å². The molecule has 3 fully saturated rings. The summed E-state index contributed by atoms with van der Waals surface area (Å²) in [5.41, 5.74) is 0. The molecule has 0 bridgehead atoms. The number of nitrogens with one attached hydrogen (secondary N) is 3. The molecular weight excluding hydrogens is 306 g/mol. The van der Waals surface area contributed by atoms with E-state index in [1.54, 1.807) is 0 Å². The van der Waals surface area contributed by atoms with Gasteiger partial charge in [0.2, 0.25) is 11.8 Å². The molecule has 0 radical (unpaired) electrons. The number of piperidine rings is 1. The minimum atomic E-state index is -0.256. The van der Waals surface area contributed by atoms with E-state index in [0.717, 1.165) is 58.0 Å². The molecule has 2 heterocycles. The fourth-order valence-corrected chi connectivity index (χ4v) is 4.04. The van der Waals surface area contributed by atoms with Crippen LogP contribution in [0.2, 0.25) is 0 Å². The van der Waals surface area contributed by atoms with Gasteiger partial charge in [-0.15, -0.1) is 0 Å². The van der Waals surface area contributed by atoms with Gasteiger partial charge >= 0.3 is 0 Å². The van der Waals surface area contributed by atoms with E-state index >= 15 is 0 Å². The van der Waals surface area contributed by atoms with Crippen molar-refractivity contribution in [1.82, 2.24) is 16.0 Å². The largest absolute Gasteiger partial charge is 0.368 e. The van der Waals surface area contributed by atoms with Gasteiger partial charge in [-0.25, -0.2) is 0 Å². The number of hydrogen-bond acceptors (Lipinski definition) is 4. The molecule has 2 amide bonds. The molecule has 2 saturated heterocycles. The van der Waals surface area contributed by atoms with Crippen LogP contribution >= 0.6 is 0 Å². The molecular formula is C18H31N3O3. The lowest BCUT2D eigenvalue weighted by Gasteiger charge is -2.30. The van der Waals surface area contributed by atoms with Crippen LogP contribution in [0.3, 0.4) is 0 Å². The van der Waals surface area contributed by atoms with Crippen LogP contribution in [0, 0.1) is 5.92 Å². The summed E-state index contributed by atoms with van der Waals surface area (Å²) < 4.78 is 5.42. The lowest BCUT2D eigenvalue weighted by molar-refractivity contribution is -0.131. The van der Waals surface area contributed by atoms with E-state index in [1.807, 2.05) is 0 Å². The molecule has 6 heteroatoms. The molecule has 6 nitrogen and oxygen atoms in total. The van der Waals surface area contributed by atoms with E-state index in [-0.39, 0.29) is 29.9 Å². The second-order valence-electron chi connectivity index (χ2n) is 7.45. The van der Waals surface area contributed by atoms with Gasteiger partial charge in [0.25, 0.3) is 0 Å². The minimum Gasteiger partial charge on any atom is -0.368 e. The van der Waals surface area contributed by atoms with Crippen molar-refractivity contribution < 1.29 is 14.3 Å². The standard InChI is InChI=1S/C18H31N3O3/c22-17(20-12-15-4-1-2-10-19-15)13-6-8-14(9-7-13)21-18(23)16-5-3-11-24-16/h13-16,19H,1-12H2,(H,20,22)(H,21,23). The van der Waals surface area contributed by atoms with Crippen molar-refractivity contribution >= 4 is 11.8 Å². The molecule has 2 unspecified atom stereocenters. The van der Waals surface area contributed by atoms with E-state index in [9.17, 15) is 9.59 Å². The summed E-state index contributed by atoms with van der Waals surface area (Å²) in [7, 11) is 0. The maximum atomic E-state index is 12.3. The van der Waals surface area contributed by atoms with Gasteiger partial charge in [-0.1, -0.05) is 6.42 Å². The SMILES string of the molecule is O=C(NCC1CCCCN1)C1CCC(NC(=O)C2CCCO2)CC1. The molecule has 0 aromatic heterocycles. The van der Waals surface area contributed by atoms with Crippen LogP contribution in [0.5, 0.6) is 0 Å². The molecule has 24 heavy (non-hydrogen) atoms. The minimum absolute atomic E-state index is 0.0313. The zero-order chi connectivity index (χ0) is 16.8. The highest BCUT2D eigenvalue weighted by Crippen LogP contribution is 2.25. The van der Waals surface area contributed by atoms with Crippen molar-refractivity contribution in [2.24, 2.45) is 5.92 Å². The smallest absolute Gasteiger partial charge is 0.249 e. The summed E-state index contributed by atoms with van der Waals surface area (Å²) in [5, 5.41) is 9.67. The Kier molecular flexibility index (Phi) is 6.49. The average molecular weight is 337 g/mol. The molecule has 2 atom stereocenters. The monoisotopic (exact) mass is 337 g/mol. The highest BCUT2D eigenvalue weighted by Gasteiger charge is 2.30. The maximum Gasteiger partial charge on any atom is 0.249 e. The van der Waals surface area contributed by atoms with Crippen LogP contribution in [-0.4, -0.2) is 49.7 Å². The topological polar surface area (TPSA) is 79.5 Å². The number of hydrogen-bond donors (Lipinski definition) is 3. The lowest BCUT2D eigenvalue weighted by Crippen LogP contribution is -2.47. The predicted octanol–water partition coefficient (Wildman–Crippen LogP) is 1.10. The van der Waals surface area contributed by atoms with Crippen LogP contribution in [0.25, 0.3) is 0 Å². The molecule has 3 rings (SSSR count). The Morgan fingerprint density at radius 3 is 2.46 bits per heavy atom. The second kappa shape index (κ2) is 8.81. The Morgan fingerprint density at radius 1 is 0.958 bits per heavy atom. The van der Waals surface area contributed by atoms with Crippen molar-refractivity contribution in [3.05, 3.63) is 0 Å². The molecule has 2 aliphatic heterocycles. The number of amides is 2. The number of carbonyl (C=O) groups is 2. The third-order valence-electron chi connectivity index (χ3n) is 5.60. The van der Waals surface area contributed by atoms with Gasteiger partial charge in [0.05, 0.1) is 0 Å². The molecule has 3 aliphatic rings. The van der Waals surface area contributed by atoms with Gasteiger partial charge < -0.3 is 20.7 Å². The third kappa shape index (κ3) is 4.93. The van der Waals surface area contributed by atoms with Gasteiger partial charge in [0, 0.05) is 31.2 Å². The Hall–Kier alpha value is -1.14. The van der Waals surface area contributed by atoms with E-state index in [4.69, 9.17) is 4.74 Å². The summed E-state index contributed by atoms with van der Waals surface area (Å²) >= 11 is 0. The second-order valence-corrected chi connectivity index (χ2v) is 7.45. The third-order valence-corrected chi connectivity index (χ3v) is 5.60. The van der Waals surface area contributed by atoms with Gasteiger partial charge in [-0.2, -0.15) is 0 Å². The Balaban J connectivity index is 1.33. The highest BCUT2D eigenvalue weighted by molar-refractivity contribution is 5.81. The molecule has 0 spiro atoms. The van der Waals surface area contributed by atoms with Crippen LogP contribution in [-0.2, 0) is 14.3 Å². The average Bonchev–Trinajstić information content (AvgIpc) is 3.16. The van der Waals surface area contributed by atoms with E-state index in [1.165, 1.54) is 12.8 Å². The van der Waals surface area contributed by atoms with Crippen LogP contribution in [0.15, 0.2) is 0 Å². The first-order valence-corrected chi connectivity index (χ1v) is 9.65. The zero-order valence-electron chi connectivity index (χ0n) is 14.5. The number of rotatable bonds is 5. The van der Waals surface area contributed by atoms with Crippen molar-refractivity contribution in [2.75, 3.05) is 19.7 Å². The van der Waals surface area contributed by atoms with Gasteiger partial charge in [-0.05, 0) is 57.9 Å². The Bertz CT molecular complexity index is 423. The maximum absolute atomic E-state index is 12.3. The lowest BCUT2D eigenvalue weighted by atomic mass is 9.85. The van der Waals surface area contributed by atoms with Gasteiger partial charge in [0.1, 0.15) is 6.10 Å². The normalized spacial score (nSPS) is 33.8.